The van der Waals surface area contributed by atoms with E-state index in [0.717, 1.165) is 19.5 Å². The van der Waals surface area contributed by atoms with Crippen LogP contribution in [0.1, 0.15) is 25.7 Å². The Morgan fingerprint density at radius 2 is 1.94 bits per heavy atom. The Morgan fingerprint density at radius 1 is 1.12 bits per heavy atom. The van der Waals surface area contributed by atoms with Crippen molar-refractivity contribution in [3.05, 3.63) is 0 Å². The first-order chi connectivity index (χ1) is 7.72. The summed E-state index contributed by atoms with van der Waals surface area (Å²) in [4.78, 5) is 25.0. The van der Waals surface area contributed by atoms with Crippen LogP contribution in [-0.4, -0.2) is 47.9 Å². The standard InChI is InChI=1S/C11H17N3O2/c15-10-5-9(11(16)13-10)14-4-3-7-1-2-8(6-14)12-7/h7-9,12H,1-6H2,(H,13,15,16). The van der Waals surface area contributed by atoms with Gasteiger partial charge in [0.15, 0.2) is 0 Å². The monoisotopic (exact) mass is 223 g/mol. The van der Waals surface area contributed by atoms with Gasteiger partial charge in [-0.1, -0.05) is 0 Å². The molecule has 3 unspecified atom stereocenters. The predicted molar refractivity (Wildman–Crippen MR) is 57.7 cm³/mol. The number of rotatable bonds is 1. The molecular formula is C11H17N3O2. The molecule has 0 saturated carbocycles. The molecule has 3 saturated heterocycles. The average Bonchev–Trinajstić information content (AvgIpc) is 2.71. The minimum atomic E-state index is -0.214. The number of carbonyl (C=O) groups excluding carboxylic acids is 2. The molecule has 3 aliphatic rings. The van der Waals surface area contributed by atoms with Crippen LogP contribution in [0.2, 0.25) is 0 Å². The molecule has 2 N–H and O–H groups in total. The molecule has 0 aromatic carbocycles. The topological polar surface area (TPSA) is 61.4 Å². The Kier molecular flexibility index (Phi) is 2.44. The minimum Gasteiger partial charge on any atom is -0.310 e. The summed E-state index contributed by atoms with van der Waals surface area (Å²) in [5, 5.41) is 5.96. The molecule has 3 atom stereocenters. The second-order valence-electron chi connectivity index (χ2n) is 5.05. The van der Waals surface area contributed by atoms with Crippen LogP contribution in [0.15, 0.2) is 0 Å². The van der Waals surface area contributed by atoms with Gasteiger partial charge in [0.05, 0.1) is 12.5 Å². The maximum atomic E-state index is 11.6. The zero-order valence-electron chi connectivity index (χ0n) is 9.24. The van der Waals surface area contributed by atoms with Gasteiger partial charge in [-0.05, 0) is 19.3 Å². The predicted octanol–water partition coefficient (Wildman–Crippen LogP) is -0.772. The quantitative estimate of drug-likeness (QED) is 0.573. The van der Waals surface area contributed by atoms with Gasteiger partial charge in [-0.2, -0.15) is 0 Å². The number of imide groups is 1. The second kappa shape index (κ2) is 3.82. The number of hydrogen-bond donors (Lipinski definition) is 2. The fraction of sp³-hybridized carbons (Fsp3) is 0.818. The molecule has 3 rings (SSSR count). The summed E-state index contributed by atoms with van der Waals surface area (Å²) in [6.45, 7) is 1.83. The van der Waals surface area contributed by atoms with Crippen molar-refractivity contribution < 1.29 is 9.59 Å². The molecular weight excluding hydrogens is 206 g/mol. The third kappa shape index (κ3) is 1.74. The van der Waals surface area contributed by atoms with E-state index in [2.05, 4.69) is 15.5 Å². The average molecular weight is 223 g/mol. The number of carbonyl (C=O) groups is 2. The molecule has 0 aromatic heterocycles. The number of nitrogens with zero attached hydrogens (tertiary/aromatic N) is 1. The van der Waals surface area contributed by atoms with Crippen LogP contribution >= 0.6 is 0 Å². The van der Waals surface area contributed by atoms with Crippen LogP contribution in [0.4, 0.5) is 0 Å². The third-order valence-electron chi connectivity index (χ3n) is 3.94. The van der Waals surface area contributed by atoms with Crippen LogP contribution in [0.25, 0.3) is 0 Å². The first kappa shape index (κ1) is 10.2. The molecule has 0 radical (unpaired) electrons. The number of fused-ring (bicyclic) bond motifs is 2. The first-order valence-corrected chi connectivity index (χ1v) is 6.06. The largest absolute Gasteiger partial charge is 0.310 e. The zero-order chi connectivity index (χ0) is 11.1. The Bertz CT molecular complexity index is 331. The second-order valence-corrected chi connectivity index (χ2v) is 5.05. The highest BCUT2D eigenvalue weighted by molar-refractivity contribution is 6.05. The van der Waals surface area contributed by atoms with E-state index in [1.165, 1.54) is 12.8 Å². The van der Waals surface area contributed by atoms with Gasteiger partial charge in [0, 0.05) is 25.2 Å². The van der Waals surface area contributed by atoms with Crippen molar-refractivity contribution >= 4 is 11.8 Å². The van der Waals surface area contributed by atoms with E-state index in [9.17, 15) is 9.59 Å². The molecule has 5 heteroatoms. The highest BCUT2D eigenvalue weighted by Crippen LogP contribution is 2.23. The summed E-state index contributed by atoms with van der Waals surface area (Å²) < 4.78 is 0. The third-order valence-corrected chi connectivity index (χ3v) is 3.94. The van der Waals surface area contributed by atoms with E-state index in [1.54, 1.807) is 0 Å². The smallest absolute Gasteiger partial charge is 0.244 e. The number of nitrogens with one attached hydrogen (secondary N) is 2. The van der Waals surface area contributed by atoms with Crippen molar-refractivity contribution in [2.75, 3.05) is 13.1 Å². The molecule has 3 heterocycles. The summed E-state index contributed by atoms with van der Waals surface area (Å²) in [6, 6.07) is 0.916. The zero-order valence-corrected chi connectivity index (χ0v) is 9.24. The van der Waals surface area contributed by atoms with Crippen LogP contribution in [0.5, 0.6) is 0 Å². The minimum absolute atomic E-state index is 0.109. The van der Waals surface area contributed by atoms with Gasteiger partial charge in [0.25, 0.3) is 0 Å². The molecule has 5 nitrogen and oxygen atoms in total. The Balaban J connectivity index is 1.70. The van der Waals surface area contributed by atoms with Crippen molar-refractivity contribution in [2.45, 2.75) is 43.8 Å². The van der Waals surface area contributed by atoms with Gasteiger partial charge in [0.1, 0.15) is 0 Å². The summed E-state index contributed by atoms with van der Waals surface area (Å²) in [7, 11) is 0. The van der Waals surface area contributed by atoms with E-state index in [1.807, 2.05) is 0 Å². The Labute approximate surface area is 94.6 Å². The van der Waals surface area contributed by atoms with Crippen molar-refractivity contribution in [1.29, 1.82) is 0 Å². The lowest BCUT2D eigenvalue weighted by Crippen LogP contribution is -2.45. The van der Waals surface area contributed by atoms with Crippen molar-refractivity contribution in [3.8, 4) is 0 Å². The van der Waals surface area contributed by atoms with Crippen LogP contribution < -0.4 is 10.6 Å². The van der Waals surface area contributed by atoms with Crippen LogP contribution in [-0.2, 0) is 9.59 Å². The lowest BCUT2D eigenvalue weighted by atomic mass is 10.1. The van der Waals surface area contributed by atoms with E-state index < -0.39 is 0 Å². The van der Waals surface area contributed by atoms with E-state index in [4.69, 9.17) is 0 Å². The fourth-order valence-electron chi connectivity index (χ4n) is 3.09. The lowest BCUT2D eigenvalue weighted by molar-refractivity contribution is -0.126. The molecule has 3 aliphatic heterocycles. The highest BCUT2D eigenvalue weighted by atomic mass is 16.2. The maximum absolute atomic E-state index is 11.6. The summed E-state index contributed by atoms with van der Waals surface area (Å²) >= 11 is 0. The Hall–Kier alpha value is -0.940. The van der Waals surface area contributed by atoms with E-state index in [-0.39, 0.29) is 17.9 Å². The molecule has 0 aliphatic carbocycles. The number of amides is 2. The SMILES string of the molecule is O=C1CC(N2CCC3CCC(C2)N3)C(=O)N1. The lowest BCUT2D eigenvalue weighted by Gasteiger charge is -2.27. The molecule has 0 spiro atoms. The first-order valence-electron chi connectivity index (χ1n) is 6.06. The summed E-state index contributed by atoms with van der Waals surface area (Å²) in [6.07, 6.45) is 3.89. The molecule has 0 aromatic rings. The highest BCUT2D eigenvalue weighted by Gasteiger charge is 2.39. The molecule has 2 amide bonds. The Morgan fingerprint density at radius 3 is 2.69 bits per heavy atom. The normalized spacial score (nSPS) is 39.9. The van der Waals surface area contributed by atoms with Crippen LogP contribution in [0.3, 0.4) is 0 Å². The number of likely N-dealkylation sites (tertiary alicyclic amines) is 1. The van der Waals surface area contributed by atoms with Gasteiger partial charge in [-0.3, -0.25) is 19.8 Å². The van der Waals surface area contributed by atoms with Gasteiger partial charge in [0.2, 0.25) is 11.8 Å². The molecule has 2 bridgehead atoms. The van der Waals surface area contributed by atoms with Gasteiger partial charge < -0.3 is 5.32 Å². The van der Waals surface area contributed by atoms with E-state index in [0.29, 0.717) is 18.5 Å². The molecule has 3 fully saturated rings. The van der Waals surface area contributed by atoms with Crippen LogP contribution in [0, 0.1) is 0 Å². The van der Waals surface area contributed by atoms with Crippen molar-refractivity contribution in [1.82, 2.24) is 15.5 Å². The summed E-state index contributed by atoms with van der Waals surface area (Å²) in [5.74, 6) is -0.236. The maximum Gasteiger partial charge on any atom is 0.244 e. The number of hydrogen-bond acceptors (Lipinski definition) is 4. The van der Waals surface area contributed by atoms with Gasteiger partial charge in [-0.15, -0.1) is 0 Å². The summed E-state index contributed by atoms with van der Waals surface area (Å²) in [5.41, 5.74) is 0. The van der Waals surface area contributed by atoms with Crippen molar-refractivity contribution in [2.24, 2.45) is 0 Å². The van der Waals surface area contributed by atoms with E-state index >= 15 is 0 Å². The molecule has 16 heavy (non-hydrogen) atoms. The van der Waals surface area contributed by atoms with Gasteiger partial charge >= 0.3 is 0 Å². The van der Waals surface area contributed by atoms with Crippen molar-refractivity contribution in [3.63, 3.8) is 0 Å². The fourth-order valence-corrected chi connectivity index (χ4v) is 3.09. The molecule has 88 valence electrons. The van der Waals surface area contributed by atoms with Gasteiger partial charge in [-0.25, -0.2) is 0 Å².